The Morgan fingerprint density at radius 2 is 1.93 bits per heavy atom. The van der Waals surface area contributed by atoms with Crippen LogP contribution >= 0.6 is 11.3 Å². The zero-order chi connectivity index (χ0) is 28.0. The highest BCUT2D eigenvalue weighted by molar-refractivity contribution is 7.13. The molecule has 0 aliphatic carbocycles. The molecule has 2 aromatic heterocycles. The molecule has 4 heterocycles. The second kappa shape index (κ2) is 10.2. The minimum atomic E-state index is -0.651. The molecule has 6 rings (SSSR count). The Labute approximate surface area is 236 Å². The molecule has 40 heavy (non-hydrogen) atoms. The lowest BCUT2D eigenvalue weighted by molar-refractivity contribution is 0.0145. The Balaban J connectivity index is 1.49. The quantitative estimate of drug-likeness (QED) is 0.251. The number of benzene rings is 2. The van der Waals surface area contributed by atoms with Crippen LogP contribution in [0.25, 0.3) is 21.7 Å². The average Bonchev–Trinajstić information content (AvgIpc) is 3.71. The van der Waals surface area contributed by atoms with E-state index < -0.39 is 17.6 Å². The standard InChI is InChI=1S/C31H31N3O5S/c1-19(35)31(2)11-7-12-34(31)29(36)25-16-24(27-17-32-18-40-27)28-22-15-23(30(37)39-21-8-5-4-6-9-21)26(38-3)14-20(22)10-13-33(25)28/h4-6,8-9,14-19,35H,7,10-13H2,1-3H3/t19-,31-/m1/s1. The predicted molar refractivity (Wildman–Crippen MR) is 153 cm³/mol. The molecule has 2 aliphatic rings. The largest absolute Gasteiger partial charge is 0.496 e. The molecule has 0 bridgehead atoms. The number of aryl methyl sites for hydroxylation is 1. The number of amides is 1. The number of hydrogen-bond acceptors (Lipinski definition) is 7. The van der Waals surface area contributed by atoms with Crippen molar-refractivity contribution in [3.63, 3.8) is 0 Å². The first-order chi connectivity index (χ1) is 19.3. The Hall–Kier alpha value is -3.95. The Kier molecular flexibility index (Phi) is 6.72. The zero-order valence-corrected chi connectivity index (χ0v) is 23.5. The molecular formula is C31H31N3O5S. The minimum absolute atomic E-state index is 0.0985. The van der Waals surface area contributed by atoms with Crippen LogP contribution in [0.4, 0.5) is 0 Å². The molecule has 206 valence electrons. The number of carbonyl (C=O) groups excluding carboxylic acids is 2. The van der Waals surface area contributed by atoms with Crippen molar-refractivity contribution in [2.75, 3.05) is 13.7 Å². The van der Waals surface area contributed by atoms with E-state index in [4.69, 9.17) is 9.47 Å². The molecule has 0 unspecified atom stereocenters. The van der Waals surface area contributed by atoms with Crippen LogP contribution in [0.2, 0.25) is 0 Å². The van der Waals surface area contributed by atoms with Crippen molar-refractivity contribution in [3.05, 3.63) is 77.1 Å². The number of aliphatic hydroxyl groups is 1. The number of aromatic nitrogens is 2. The van der Waals surface area contributed by atoms with Gasteiger partial charge in [-0.15, -0.1) is 11.3 Å². The van der Waals surface area contributed by atoms with Gasteiger partial charge in [-0.1, -0.05) is 18.2 Å². The third kappa shape index (κ3) is 4.30. The maximum absolute atomic E-state index is 14.1. The van der Waals surface area contributed by atoms with Crippen LogP contribution in [0.5, 0.6) is 11.5 Å². The maximum Gasteiger partial charge on any atom is 0.347 e. The van der Waals surface area contributed by atoms with Gasteiger partial charge in [-0.25, -0.2) is 4.79 Å². The lowest BCUT2D eigenvalue weighted by Gasteiger charge is -2.38. The number of aliphatic hydroxyl groups excluding tert-OH is 1. The van der Waals surface area contributed by atoms with Crippen LogP contribution in [0, 0.1) is 0 Å². The number of nitrogens with zero attached hydrogens (tertiary/aromatic N) is 3. The molecule has 1 N–H and O–H groups in total. The molecule has 9 heteroatoms. The van der Waals surface area contributed by atoms with Gasteiger partial charge in [-0.05, 0) is 69.0 Å². The monoisotopic (exact) mass is 557 g/mol. The fourth-order valence-electron chi connectivity index (χ4n) is 5.94. The van der Waals surface area contributed by atoms with E-state index in [1.165, 1.54) is 11.3 Å². The van der Waals surface area contributed by atoms with Crippen LogP contribution in [0.1, 0.15) is 53.1 Å². The van der Waals surface area contributed by atoms with Gasteiger partial charge >= 0.3 is 5.97 Å². The topological polar surface area (TPSA) is 93.9 Å². The van der Waals surface area contributed by atoms with Crippen molar-refractivity contribution in [2.24, 2.45) is 0 Å². The molecule has 1 saturated heterocycles. The first-order valence-electron chi connectivity index (χ1n) is 13.4. The first-order valence-corrected chi connectivity index (χ1v) is 14.3. The second-order valence-corrected chi connectivity index (χ2v) is 11.5. The van der Waals surface area contributed by atoms with Gasteiger partial charge in [-0.2, -0.15) is 0 Å². The summed E-state index contributed by atoms with van der Waals surface area (Å²) in [5.74, 6) is 0.272. The Morgan fingerprint density at radius 3 is 2.62 bits per heavy atom. The summed E-state index contributed by atoms with van der Waals surface area (Å²) in [6, 6.07) is 14.6. The number of rotatable bonds is 6. The van der Waals surface area contributed by atoms with E-state index in [0.717, 1.165) is 40.1 Å². The van der Waals surface area contributed by atoms with Crippen LogP contribution in [0.15, 0.2) is 60.2 Å². The SMILES string of the molecule is COc1cc2c(cc1C(=O)Oc1ccccc1)-c1c(-c3cncs3)cc(C(=O)N3CCC[C@]3(C)[C@@H](C)O)n1CC2. The molecular weight excluding hydrogens is 526 g/mol. The highest BCUT2D eigenvalue weighted by Gasteiger charge is 2.44. The average molecular weight is 558 g/mol. The molecule has 0 radical (unpaired) electrons. The smallest absolute Gasteiger partial charge is 0.347 e. The van der Waals surface area contributed by atoms with Crippen LogP contribution < -0.4 is 9.47 Å². The van der Waals surface area contributed by atoms with Crippen LogP contribution in [-0.4, -0.2) is 56.7 Å². The van der Waals surface area contributed by atoms with Crippen molar-refractivity contribution in [2.45, 2.75) is 51.3 Å². The van der Waals surface area contributed by atoms with Crippen LogP contribution in [-0.2, 0) is 13.0 Å². The van der Waals surface area contributed by atoms with Gasteiger partial charge in [-0.3, -0.25) is 9.78 Å². The zero-order valence-electron chi connectivity index (χ0n) is 22.7. The highest BCUT2D eigenvalue weighted by atomic mass is 32.1. The van der Waals surface area contributed by atoms with Gasteiger partial charge in [0.05, 0.1) is 34.8 Å². The summed E-state index contributed by atoms with van der Waals surface area (Å²) in [4.78, 5) is 34.5. The van der Waals surface area contributed by atoms with Gasteiger partial charge in [0.2, 0.25) is 0 Å². The second-order valence-electron chi connectivity index (χ2n) is 10.6. The van der Waals surface area contributed by atoms with Gasteiger partial charge in [0.25, 0.3) is 5.91 Å². The number of para-hydroxylation sites is 1. The van der Waals surface area contributed by atoms with E-state index in [2.05, 4.69) is 9.55 Å². The molecule has 2 aromatic carbocycles. The van der Waals surface area contributed by atoms with E-state index in [1.807, 2.05) is 48.2 Å². The first kappa shape index (κ1) is 26.3. The fraction of sp³-hybridized carbons (Fsp3) is 0.323. The lowest BCUT2D eigenvalue weighted by atomic mass is 9.92. The van der Waals surface area contributed by atoms with Gasteiger partial charge in [0, 0.05) is 30.4 Å². The molecule has 2 aliphatic heterocycles. The molecule has 4 aromatic rings. The van der Waals surface area contributed by atoms with Gasteiger partial charge in [0.1, 0.15) is 22.8 Å². The number of fused-ring (bicyclic) bond motifs is 3. The molecule has 2 atom stereocenters. The number of likely N-dealkylation sites (tertiary alicyclic amines) is 1. The van der Waals surface area contributed by atoms with Gasteiger partial charge < -0.3 is 24.0 Å². The van der Waals surface area contributed by atoms with Crippen LogP contribution in [0.3, 0.4) is 0 Å². The normalized spacial score (nSPS) is 18.6. The third-order valence-corrected chi connectivity index (χ3v) is 9.11. The fourth-order valence-corrected chi connectivity index (χ4v) is 6.58. The summed E-state index contributed by atoms with van der Waals surface area (Å²) in [6.45, 7) is 4.90. The molecule has 1 amide bonds. The number of thiazole rings is 1. The number of methoxy groups -OCH3 is 1. The summed E-state index contributed by atoms with van der Waals surface area (Å²) < 4.78 is 13.3. The number of hydrogen-bond donors (Lipinski definition) is 1. The Bertz CT molecular complexity index is 1580. The molecule has 1 fully saturated rings. The summed E-state index contributed by atoms with van der Waals surface area (Å²) in [7, 11) is 1.54. The minimum Gasteiger partial charge on any atom is -0.496 e. The predicted octanol–water partition coefficient (Wildman–Crippen LogP) is 5.44. The molecule has 8 nitrogen and oxygen atoms in total. The van der Waals surface area contributed by atoms with Gasteiger partial charge in [0.15, 0.2) is 0 Å². The van der Waals surface area contributed by atoms with Crippen molar-refractivity contribution >= 4 is 23.2 Å². The van der Waals surface area contributed by atoms with Crippen molar-refractivity contribution in [1.82, 2.24) is 14.5 Å². The van der Waals surface area contributed by atoms with Crippen molar-refractivity contribution in [1.29, 1.82) is 0 Å². The number of ether oxygens (including phenoxy) is 2. The maximum atomic E-state index is 14.1. The highest BCUT2D eigenvalue weighted by Crippen LogP contribution is 2.44. The van der Waals surface area contributed by atoms with Crippen molar-refractivity contribution < 1.29 is 24.2 Å². The number of esters is 1. The molecule has 0 saturated carbocycles. The van der Waals surface area contributed by atoms with E-state index in [1.54, 1.807) is 37.9 Å². The summed E-state index contributed by atoms with van der Waals surface area (Å²) >= 11 is 1.50. The van der Waals surface area contributed by atoms with E-state index >= 15 is 0 Å². The van der Waals surface area contributed by atoms with E-state index in [-0.39, 0.29) is 5.91 Å². The van der Waals surface area contributed by atoms with E-state index in [9.17, 15) is 14.7 Å². The lowest BCUT2D eigenvalue weighted by Crippen LogP contribution is -2.52. The van der Waals surface area contributed by atoms with E-state index in [0.29, 0.717) is 42.3 Å². The van der Waals surface area contributed by atoms with Crippen molar-refractivity contribution in [3.8, 4) is 33.2 Å². The summed E-state index contributed by atoms with van der Waals surface area (Å²) in [5.41, 5.74) is 5.66. The summed E-state index contributed by atoms with van der Waals surface area (Å²) in [6.07, 6.45) is 3.41. The number of carbonyl (C=O) groups is 2. The summed E-state index contributed by atoms with van der Waals surface area (Å²) in [5, 5.41) is 10.6. The third-order valence-electron chi connectivity index (χ3n) is 8.30. The molecule has 0 spiro atoms. The Morgan fingerprint density at radius 1 is 1.12 bits per heavy atom.